The highest BCUT2D eigenvalue weighted by Gasteiger charge is 2.02. The van der Waals surface area contributed by atoms with Crippen LogP contribution in [0, 0.1) is 19.7 Å². The van der Waals surface area contributed by atoms with Crippen molar-refractivity contribution in [1.29, 1.82) is 0 Å². The first-order chi connectivity index (χ1) is 8.56. The van der Waals surface area contributed by atoms with Crippen LogP contribution in [0.5, 0.6) is 0 Å². The molecule has 0 saturated carbocycles. The molecule has 2 aromatic rings. The summed E-state index contributed by atoms with van der Waals surface area (Å²) in [7, 11) is 0. The van der Waals surface area contributed by atoms with Crippen molar-refractivity contribution in [2.45, 2.75) is 20.4 Å². The van der Waals surface area contributed by atoms with Crippen LogP contribution in [-0.4, -0.2) is 0 Å². The molecule has 0 heterocycles. The lowest BCUT2D eigenvalue weighted by Gasteiger charge is -2.11. The van der Waals surface area contributed by atoms with Gasteiger partial charge in [-0.15, -0.1) is 0 Å². The Morgan fingerprint density at radius 2 is 1.83 bits per heavy atom. The minimum Gasteiger partial charge on any atom is -0.381 e. The molecule has 0 aliphatic rings. The highest BCUT2D eigenvalue weighted by atomic mass is 35.5. The summed E-state index contributed by atoms with van der Waals surface area (Å²) in [4.78, 5) is 0. The summed E-state index contributed by atoms with van der Waals surface area (Å²) in [6.07, 6.45) is 0. The van der Waals surface area contributed by atoms with Crippen molar-refractivity contribution in [3.05, 3.63) is 63.9 Å². The number of hydrogen-bond acceptors (Lipinski definition) is 1. The number of hydrogen-bond donors (Lipinski definition) is 1. The van der Waals surface area contributed by atoms with E-state index in [1.807, 2.05) is 32.0 Å². The average molecular weight is 264 g/mol. The van der Waals surface area contributed by atoms with Crippen LogP contribution < -0.4 is 5.32 Å². The topological polar surface area (TPSA) is 12.0 Å². The monoisotopic (exact) mass is 263 g/mol. The number of aryl methyl sites for hydroxylation is 2. The van der Waals surface area contributed by atoms with Gasteiger partial charge in [-0.05, 0) is 54.8 Å². The zero-order chi connectivity index (χ0) is 13.1. The Balaban J connectivity index is 2.13. The third kappa shape index (κ3) is 3.02. The maximum absolute atomic E-state index is 13.1. The third-order valence-electron chi connectivity index (χ3n) is 2.97. The van der Waals surface area contributed by atoms with E-state index in [9.17, 15) is 4.39 Å². The summed E-state index contributed by atoms with van der Waals surface area (Å²) in [6.45, 7) is 4.63. The minimum atomic E-state index is -0.226. The number of halogens is 2. The molecule has 3 heteroatoms. The fourth-order valence-electron chi connectivity index (χ4n) is 1.83. The van der Waals surface area contributed by atoms with Crippen LogP contribution in [0.4, 0.5) is 10.1 Å². The Bertz CT molecular complexity index is 566. The quantitative estimate of drug-likeness (QED) is 0.846. The van der Waals surface area contributed by atoms with Gasteiger partial charge in [-0.2, -0.15) is 0 Å². The summed E-state index contributed by atoms with van der Waals surface area (Å²) in [5.41, 5.74) is 4.14. The van der Waals surface area contributed by atoms with Crippen LogP contribution in [0.15, 0.2) is 36.4 Å². The molecule has 0 saturated heterocycles. The summed E-state index contributed by atoms with van der Waals surface area (Å²) < 4.78 is 13.1. The molecule has 0 fully saturated rings. The van der Waals surface area contributed by atoms with Crippen LogP contribution in [0.1, 0.15) is 16.7 Å². The summed E-state index contributed by atoms with van der Waals surface area (Å²) in [6, 6.07) is 10.5. The summed E-state index contributed by atoms with van der Waals surface area (Å²) in [5.74, 6) is -0.226. The van der Waals surface area contributed by atoms with Crippen molar-refractivity contribution >= 4 is 17.3 Å². The Labute approximate surface area is 112 Å². The van der Waals surface area contributed by atoms with Crippen LogP contribution in [-0.2, 0) is 6.54 Å². The number of benzene rings is 2. The van der Waals surface area contributed by atoms with Crippen molar-refractivity contribution in [3.63, 3.8) is 0 Å². The zero-order valence-corrected chi connectivity index (χ0v) is 11.2. The standard InChI is InChI=1S/C15H15ClFN/c1-10-3-6-14(17)8-15(10)18-9-12-4-5-13(16)7-11(12)2/h3-8,18H,9H2,1-2H3. The molecule has 0 amide bonds. The van der Waals surface area contributed by atoms with Gasteiger partial charge in [0.15, 0.2) is 0 Å². The second-order valence-electron chi connectivity index (χ2n) is 4.38. The highest BCUT2D eigenvalue weighted by molar-refractivity contribution is 6.30. The molecule has 0 atom stereocenters. The average Bonchev–Trinajstić information content (AvgIpc) is 2.32. The molecule has 0 bridgehead atoms. The van der Waals surface area contributed by atoms with Gasteiger partial charge in [0.05, 0.1) is 0 Å². The van der Waals surface area contributed by atoms with E-state index in [0.717, 1.165) is 27.4 Å². The number of anilines is 1. The van der Waals surface area contributed by atoms with Gasteiger partial charge in [0, 0.05) is 17.3 Å². The Hall–Kier alpha value is -1.54. The predicted octanol–water partition coefficient (Wildman–Crippen LogP) is 4.71. The Morgan fingerprint density at radius 1 is 1.06 bits per heavy atom. The number of rotatable bonds is 3. The fraction of sp³-hybridized carbons (Fsp3) is 0.200. The molecule has 0 aliphatic heterocycles. The van der Waals surface area contributed by atoms with E-state index in [0.29, 0.717) is 6.54 Å². The van der Waals surface area contributed by atoms with Gasteiger partial charge in [0.1, 0.15) is 5.82 Å². The van der Waals surface area contributed by atoms with Gasteiger partial charge in [-0.25, -0.2) is 4.39 Å². The lowest BCUT2D eigenvalue weighted by molar-refractivity contribution is 0.628. The zero-order valence-electron chi connectivity index (χ0n) is 10.4. The van der Waals surface area contributed by atoms with E-state index in [-0.39, 0.29) is 5.82 Å². The molecular weight excluding hydrogens is 249 g/mol. The lowest BCUT2D eigenvalue weighted by Crippen LogP contribution is -2.03. The van der Waals surface area contributed by atoms with Crippen molar-refractivity contribution in [3.8, 4) is 0 Å². The van der Waals surface area contributed by atoms with Crippen molar-refractivity contribution in [2.24, 2.45) is 0 Å². The maximum Gasteiger partial charge on any atom is 0.125 e. The Morgan fingerprint density at radius 3 is 2.56 bits per heavy atom. The van der Waals surface area contributed by atoms with Crippen LogP contribution in [0.25, 0.3) is 0 Å². The van der Waals surface area contributed by atoms with E-state index in [4.69, 9.17) is 11.6 Å². The summed E-state index contributed by atoms with van der Waals surface area (Å²) >= 11 is 5.91. The second kappa shape index (κ2) is 5.40. The lowest BCUT2D eigenvalue weighted by atomic mass is 10.1. The van der Waals surface area contributed by atoms with Gasteiger partial charge in [-0.3, -0.25) is 0 Å². The molecule has 2 aromatic carbocycles. The van der Waals surface area contributed by atoms with Gasteiger partial charge >= 0.3 is 0 Å². The molecule has 0 spiro atoms. The van der Waals surface area contributed by atoms with E-state index in [1.165, 1.54) is 12.1 Å². The molecule has 0 aromatic heterocycles. The van der Waals surface area contributed by atoms with E-state index in [1.54, 1.807) is 6.07 Å². The second-order valence-corrected chi connectivity index (χ2v) is 4.82. The van der Waals surface area contributed by atoms with Crippen molar-refractivity contribution in [1.82, 2.24) is 0 Å². The molecule has 1 N–H and O–H groups in total. The molecular formula is C15H15ClFN. The van der Waals surface area contributed by atoms with Gasteiger partial charge in [0.2, 0.25) is 0 Å². The minimum absolute atomic E-state index is 0.226. The molecule has 0 radical (unpaired) electrons. The normalized spacial score (nSPS) is 10.4. The number of nitrogens with one attached hydrogen (secondary N) is 1. The Kier molecular flexibility index (Phi) is 3.87. The van der Waals surface area contributed by atoms with Crippen LogP contribution in [0.3, 0.4) is 0 Å². The smallest absolute Gasteiger partial charge is 0.125 e. The largest absolute Gasteiger partial charge is 0.381 e. The van der Waals surface area contributed by atoms with Gasteiger partial charge < -0.3 is 5.32 Å². The summed E-state index contributed by atoms with van der Waals surface area (Å²) in [5, 5.41) is 3.98. The van der Waals surface area contributed by atoms with E-state index < -0.39 is 0 Å². The molecule has 0 unspecified atom stereocenters. The SMILES string of the molecule is Cc1cc(Cl)ccc1CNc1cc(F)ccc1C. The van der Waals surface area contributed by atoms with E-state index >= 15 is 0 Å². The molecule has 2 rings (SSSR count). The van der Waals surface area contributed by atoms with Gasteiger partial charge in [-0.1, -0.05) is 23.7 Å². The molecule has 1 nitrogen and oxygen atoms in total. The van der Waals surface area contributed by atoms with Crippen LogP contribution >= 0.6 is 11.6 Å². The highest BCUT2D eigenvalue weighted by Crippen LogP contribution is 2.19. The maximum atomic E-state index is 13.1. The first-order valence-electron chi connectivity index (χ1n) is 5.81. The first-order valence-corrected chi connectivity index (χ1v) is 6.19. The van der Waals surface area contributed by atoms with E-state index in [2.05, 4.69) is 5.32 Å². The molecule has 94 valence electrons. The third-order valence-corrected chi connectivity index (χ3v) is 3.21. The fourth-order valence-corrected chi connectivity index (χ4v) is 2.06. The predicted molar refractivity (Wildman–Crippen MR) is 74.7 cm³/mol. The van der Waals surface area contributed by atoms with Crippen molar-refractivity contribution < 1.29 is 4.39 Å². The molecule has 18 heavy (non-hydrogen) atoms. The van der Waals surface area contributed by atoms with Crippen molar-refractivity contribution in [2.75, 3.05) is 5.32 Å². The van der Waals surface area contributed by atoms with Crippen LogP contribution in [0.2, 0.25) is 5.02 Å². The van der Waals surface area contributed by atoms with Gasteiger partial charge in [0.25, 0.3) is 0 Å². The first kappa shape index (κ1) is 12.9. The molecule has 0 aliphatic carbocycles.